The fourth-order valence-electron chi connectivity index (χ4n) is 5.47. The molecular formula is C29H38N4O4. The molecule has 3 amide bonds. The molecule has 0 bridgehead atoms. The number of carbonyl (C=O) groups excluding carboxylic acids is 3. The number of rotatable bonds is 9. The van der Waals surface area contributed by atoms with Crippen molar-refractivity contribution in [3.05, 3.63) is 71.8 Å². The number of hydrogen-bond acceptors (Lipinski definition) is 5. The summed E-state index contributed by atoms with van der Waals surface area (Å²) >= 11 is 0. The molecule has 3 atom stereocenters. The van der Waals surface area contributed by atoms with Crippen molar-refractivity contribution >= 4 is 17.7 Å². The summed E-state index contributed by atoms with van der Waals surface area (Å²) in [6.07, 6.45) is 1.30. The fourth-order valence-corrected chi connectivity index (χ4v) is 5.47. The van der Waals surface area contributed by atoms with Gasteiger partial charge in [-0.3, -0.25) is 14.4 Å². The second kappa shape index (κ2) is 11.0. The van der Waals surface area contributed by atoms with E-state index < -0.39 is 22.9 Å². The van der Waals surface area contributed by atoms with Crippen LogP contribution in [0.1, 0.15) is 31.4 Å². The first-order chi connectivity index (χ1) is 17.6. The van der Waals surface area contributed by atoms with Gasteiger partial charge in [-0.2, -0.15) is 0 Å². The molecule has 198 valence electrons. The lowest BCUT2D eigenvalue weighted by molar-refractivity contribution is -0.147. The smallest absolute Gasteiger partial charge is 0.247 e. The lowest BCUT2D eigenvalue weighted by Crippen LogP contribution is -2.61. The summed E-state index contributed by atoms with van der Waals surface area (Å²) < 4.78 is 5.87. The third-order valence-corrected chi connectivity index (χ3v) is 7.53. The van der Waals surface area contributed by atoms with Gasteiger partial charge in [-0.05, 0) is 43.7 Å². The molecule has 8 heteroatoms. The number of amides is 3. The predicted molar refractivity (Wildman–Crippen MR) is 141 cm³/mol. The zero-order chi connectivity index (χ0) is 26.6. The molecule has 2 fully saturated rings. The van der Waals surface area contributed by atoms with Crippen LogP contribution in [0, 0.1) is 11.3 Å². The number of hydrogen-bond donors (Lipinski definition) is 2. The van der Waals surface area contributed by atoms with Gasteiger partial charge >= 0.3 is 0 Å². The van der Waals surface area contributed by atoms with Gasteiger partial charge in [-0.25, -0.2) is 0 Å². The number of nitrogens with zero attached hydrogens (tertiary/aromatic N) is 2. The minimum atomic E-state index is -1.15. The minimum absolute atomic E-state index is 0.00894. The number of nitrogens with one attached hydrogen (secondary N) is 1. The van der Waals surface area contributed by atoms with Crippen molar-refractivity contribution in [3.8, 4) is 0 Å². The average molecular weight is 507 g/mol. The first-order valence-corrected chi connectivity index (χ1v) is 12.9. The van der Waals surface area contributed by atoms with Crippen molar-refractivity contribution in [2.24, 2.45) is 17.1 Å². The maximum atomic E-state index is 13.8. The molecule has 2 heterocycles. The Labute approximate surface area is 219 Å². The van der Waals surface area contributed by atoms with Gasteiger partial charge in [-0.15, -0.1) is 0 Å². The number of likely N-dealkylation sites (tertiary alicyclic amines) is 2. The van der Waals surface area contributed by atoms with E-state index in [1.165, 1.54) is 0 Å². The number of ether oxygens (including phenoxy) is 1. The first-order valence-electron chi connectivity index (χ1n) is 12.9. The van der Waals surface area contributed by atoms with Crippen LogP contribution in [0.2, 0.25) is 0 Å². The Bertz CT molecular complexity index is 1100. The molecule has 0 spiro atoms. The lowest BCUT2D eigenvalue weighted by Gasteiger charge is -2.44. The molecule has 4 rings (SSSR count). The highest BCUT2D eigenvalue weighted by Gasteiger charge is 2.56. The maximum Gasteiger partial charge on any atom is 0.247 e. The minimum Gasteiger partial charge on any atom is -0.374 e. The molecule has 0 saturated carbocycles. The number of piperidine rings is 1. The Morgan fingerprint density at radius 3 is 2.35 bits per heavy atom. The van der Waals surface area contributed by atoms with E-state index in [0.29, 0.717) is 32.7 Å². The Morgan fingerprint density at radius 1 is 1.11 bits per heavy atom. The van der Waals surface area contributed by atoms with Crippen LogP contribution in [0.25, 0.3) is 0 Å². The van der Waals surface area contributed by atoms with Crippen molar-refractivity contribution in [3.63, 3.8) is 0 Å². The van der Waals surface area contributed by atoms with Gasteiger partial charge < -0.3 is 25.6 Å². The molecule has 0 aliphatic carbocycles. The van der Waals surface area contributed by atoms with Crippen LogP contribution in [0.3, 0.4) is 0 Å². The van der Waals surface area contributed by atoms with Crippen LogP contribution >= 0.6 is 0 Å². The number of nitrogens with two attached hydrogens (primary N) is 1. The molecule has 2 aromatic carbocycles. The zero-order valence-corrected chi connectivity index (χ0v) is 22.0. The van der Waals surface area contributed by atoms with Crippen molar-refractivity contribution in [2.45, 2.75) is 44.9 Å². The van der Waals surface area contributed by atoms with E-state index in [1.54, 1.807) is 23.6 Å². The Morgan fingerprint density at radius 2 is 1.73 bits per heavy atom. The van der Waals surface area contributed by atoms with Gasteiger partial charge in [0.15, 0.2) is 0 Å². The van der Waals surface area contributed by atoms with Gasteiger partial charge in [0.05, 0.1) is 24.2 Å². The summed E-state index contributed by atoms with van der Waals surface area (Å²) in [7, 11) is 1.84. The maximum absolute atomic E-state index is 13.8. The van der Waals surface area contributed by atoms with Gasteiger partial charge in [0, 0.05) is 26.7 Å². The van der Waals surface area contributed by atoms with Crippen molar-refractivity contribution in [2.75, 3.05) is 33.3 Å². The molecule has 2 saturated heterocycles. The van der Waals surface area contributed by atoms with Gasteiger partial charge in [-0.1, -0.05) is 60.7 Å². The van der Waals surface area contributed by atoms with E-state index in [0.717, 1.165) is 17.5 Å². The summed E-state index contributed by atoms with van der Waals surface area (Å²) in [5, 5.41) is 2.81. The van der Waals surface area contributed by atoms with Crippen LogP contribution in [0.15, 0.2) is 60.7 Å². The second-order valence-electron chi connectivity index (χ2n) is 11.0. The van der Waals surface area contributed by atoms with E-state index in [2.05, 4.69) is 5.32 Å². The van der Waals surface area contributed by atoms with E-state index in [4.69, 9.17) is 10.5 Å². The van der Waals surface area contributed by atoms with Gasteiger partial charge in [0.1, 0.15) is 6.04 Å². The van der Waals surface area contributed by atoms with Crippen LogP contribution in [0.4, 0.5) is 0 Å². The number of fused-ring (bicyclic) bond motifs is 1. The monoisotopic (exact) mass is 506 g/mol. The molecule has 0 aromatic heterocycles. The van der Waals surface area contributed by atoms with E-state index in [9.17, 15) is 14.4 Å². The van der Waals surface area contributed by atoms with Crippen molar-refractivity contribution < 1.29 is 19.1 Å². The highest BCUT2D eigenvalue weighted by atomic mass is 16.5. The summed E-state index contributed by atoms with van der Waals surface area (Å²) in [5.74, 6) is -0.443. The summed E-state index contributed by atoms with van der Waals surface area (Å²) in [4.78, 5) is 43.6. The highest BCUT2D eigenvalue weighted by molar-refractivity contribution is 5.92. The Hall–Kier alpha value is -3.23. The molecule has 0 radical (unpaired) electrons. The highest BCUT2D eigenvalue weighted by Crippen LogP contribution is 2.45. The Balaban J connectivity index is 1.53. The molecule has 2 aliphatic rings. The summed E-state index contributed by atoms with van der Waals surface area (Å²) in [5.41, 5.74) is 6.22. The lowest BCUT2D eigenvalue weighted by atomic mass is 9.69. The van der Waals surface area contributed by atoms with Crippen LogP contribution in [-0.2, 0) is 32.1 Å². The van der Waals surface area contributed by atoms with E-state index in [1.807, 2.05) is 67.7 Å². The van der Waals surface area contributed by atoms with Crippen LogP contribution in [0.5, 0.6) is 0 Å². The molecule has 2 aliphatic heterocycles. The normalized spacial score (nSPS) is 22.5. The number of benzene rings is 2. The molecular weight excluding hydrogens is 468 g/mol. The summed E-state index contributed by atoms with van der Waals surface area (Å²) in [6, 6.07) is 18.7. The third-order valence-electron chi connectivity index (χ3n) is 7.53. The van der Waals surface area contributed by atoms with Crippen molar-refractivity contribution in [1.82, 2.24) is 15.1 Å². The first kappa shape index (κ1) is 26.8. The molecule has 3 N–H and O–H groups in total. The van der Waals surface area contributed by atoms with Gasteiger partial charge in [0.25, 0.3) is 0 Å². The largest absolute Gasteiger partial charge is 0.374 e. The second-order valence-corrected chi connectivity index (χ2v) is 11.0. The van der Waals surface area contributed by atoms with E-state index in [-0.39, 0.29) is 24.3 Å². The van der Waals surface area contributed by atoms with Crippen LogP contribution < -0.4 is 11.1 Å². The van der Waals surface area contributed by atoms with Crippen molar-refractivity contribution in [1.29, 1.82) is 0 Å². The number of carbonyl (C=O) groups is 3. The average Bonchev–Trinajstić information content (AvgIpc) is 3.12. The zero-order valence-electron chi connectivity index (χ0n) is 22.0. The topological polar surface area (TPSA) is 105 Å². The molecule has 2 aromatic rings. The van der Waals surface area contributed by atoms with Crippen LogP contribution in [-0.4, -0.2) is 72.4 Å². The molecule has 3 unspecified atom stereocenters. The standard InChI is InChI=1S/C29H38N4O4/c1-28(2,30)26(35)31-24(19-37-18-22-12-8-5-9-13-22)25(34)33-15-14-23-17-32(3)27(36)29(23,20-33)16-21-10-6-4-7-11-21/h4-13,23-24H,14-20,30H2,1-3H3,(H,31,35). The third kappa shape index (κ3) is 6.02. The summed E-state index contributed by atoms with van der Waals surface area (Å²) in [6.45, 7) is 5.05. The molecule has 8 nitrogen and oxygen atoms in total. The fraction of sp³-hybridized carbons (Fsp3) is 0.483. The Kier molecular flexibility index (Phi) is 7.99. The molecule has 37 heavy (non-hydrogen) atoms. The quantitative estimate of drug-likeness (QED) is 0.541. The predicted octanol–water partition coefficient (Wildman–Crippen LogP) is 1.97. The SMILES string of the molecule is CN1CC2CCN(C(=O)C(COCc3ccccc3)NC(=O)C(C)(C)N)CC2(Cc2ccccc2)C1=O. The van der Waals surface area contributed by atoms with Gasteiger partial charge in [0.2, 0.25) is 17.7 Å². The van der Waals surface area contributed by atoms with E-state index >= 15 is 0 Å².